The van der Waals surface area contributed by atoms with Crippen LogP contribution < -0.4 is 5.73 Å². The Labute approximate surface area is 370 Å². The minimum Gasteiger partial charge on any atom is -0.462 e. The Kier molecular flexibility index (Phi) is 42.8. The van der Waals surface area contributed by atoms with Gasteiger partial charge in [0.15, 0.2) is 6.10 Å². The molecule has 9 nitrogen and oxygen atoms in total. The van der Waals surface area contributed by atoms with Crippen molar-refractivity contribution in [2.24, 2.45) is 5.73 Å². The number of hydrogen-bond donors (Lipinski definition) is 2. The summed E-state index contributed by atoms with van der Waals surface area (Å²) < 4.78 is 32.7. The molecule has 0 spiro atoms. The molecule has 10 heteroatoms. The lowest BCUT2D eigenvalue weighted by Crippen LogP contribution is -2.29. The largest absolute Gasteiger partial charge is 0.472 e. The summed E-state index contributed by atoms with van der Waals surface area (Å²) in [5, 5.41) is 0. The number of unbranched alkanes of at least 4 members (excludes halogenated alkanes) is 5. The van der Waals surface area contributed by atoms with E-state index < -0.39 is 32.5 Å². The van der Waals surface area contributed by atoms with E-state index in [2.05, 4.69) is 148 Å². The zero-order valence-electron chi connectivity index (χ0n) is 37.6. The molecule has 61 heavy (non-hydrogen) atoms. The van der Waals surface area contributed by atoms with Crippen LogP contribution in [0.25, 0.3) is 0 Å². The molecule has 2 atom stereocenters. The third kappa shape index (κ3) is 45.5. The maximum Gasteiger partial charge on any atom is 0.472 e. The molecule has 3 N–H and O–H groups in total. The van der Waals surface area contributed by atoms with Gasteiger partial charge in [-0.25, -0.2) is 4.57 Å². The molecule has 0 amide bonds. The van der Waals surface area contributed by atoms with Crippen LogP contribution in [0.5, 0.6) is 0 Å². The van der Waals surface area contributed by atoms with Crippen molar-refractivity contribution in [2.75, 3.05) is 26.4 Å². The lowest BCUT2D eigenvalue weighted by molar-refractivity contribution is -0.161. The van der Waals surface area contributed by atoms with Gasteiger partial charge in [-0.1, -0.05) is 154 Å². The lowest BCUT2D eigenvalue weighted by Gasteiger charge is -2.19. The first-order chi connectivity index (χ1) is 29.8. The van der Waals surface area contributed by atoms with Crippen molar-refractivity contribution in [1.82, 2.24) is 0 Å². The standard InChI is InChI=1S/C51H80NO8P/c1-3-5-7-9-11-13-15-17-19-21-23-24-26-28-30-32-34-36-38-40-42-44-51(54)60-49(48-59-61(55,56)58-46-45-52)47-57-50(53)43-41-39-37-35-33-31-29-27-25-22-20-18-16-14-12-10-8-6-4-2/h5-8,11-14,17-20,23-25,27-28,30-31,33-34,36,49H,3-4,9-10,15-16,21-22,26,29,32,35,37-48,52H2,1-2H3,(H,55,56)/b7-5-,8-6-,13-11-,14-12-,19-17-,20-18-,24-23-,27-25-,30-28-,33-31-,36-34-. The highest BCUT2D eigenvalue weighted by molar-refractivity contribution is 7.47. The van der Waals surface area contributed by atoms with Crippen molar-refractivity contribution >= 4 is 19.8 Å². The van der Waals surface area contributed by atoms with E-state index in [9.17, 15) is 19.0 Å². The molecule has 0 aromatic heterocycles. The van der Waals surface area contributed by atoms with Gasteiger partial charge in [0, 0.05) is 19.4 Å². The third-order valence-corrected chi connectivity index (χ3v) is 9.52. The normalized spacial score (nSPS) is 14.5. The number of carbonyl (C=O) groups is 2. The fraction of sp³-hybridized carbons (Fsp3) is 0.529. The zero-order chi connectivity index (χ0) is 44.6. The van der Waals surface area contributed by atoms with Gasteiger partial charge in [-0.05, 0) is 109 Å². The molecule has 0 aliphatic carbocycles. The predicted octanol–water partition coefficient (Wildman–Crippen LogP) is 13.5. The van der Waals surface area contributed by atoms with Crippen molar-refractivity contribution in [3.8, 4) is 0 Å². The van der Waals surface area contributed by atoms with E-state index in [0.29, 0.717) is 12.8 Å². The van der Waals surface area contributed by atoms with Gasteiger partial charge in [0.1, 0.15) is 6.61 Å². The van der Waals surface area contributed by atoms with Crippen LogP contribution in [0, 0.1) is 0 Å². The maximum absolute atomic E-state index is 12.6. The van der Waals surface area contributed by atoms with E-state index in [-0.39, 0.29) is 32.6 Å². The van der Waals surface area contributed by atoms with E-state index in [0.717, 1.165) is 103 Å². The van der Waals surface area contributed by atoms with E-state index in [4.69, 9.17) is 24.3 Å². The number of phosphoric acid groups is 1. The van der Waals surface area contributed by atoms with Crippen molar-refractivity contribution in [3.63, 3.8) is 0 Å². The van der Waals surface area contributed by atoms with Crippen LogP contribution >= 0.6 is 7.82 Å². The molecule has 0 heterocycles. The van der Waals surface area contributed by atoms with Crippen LogP contribution in [0.15, 0.2) is 134 Å². The van der Waals surface area contributed by atoms with Gasteiger partial charge in [0.2, 0.25) is 0 Å². The van der Waals surface area contributed by atoms with Crippen molar-refractivity contribution in [2.45, 2.75) is 148 Å². The van der Waals surface area contributed by atoms with Gasteiger partial charge in [-0.2, -0.15) is 0 Å². The van der Waals surface area contributed by atoms with Crippen LogP contribution in [-0.4, -0.2) is 49.3 Å². The Morgan fingerprint density at radius 3 is 1.26 bits per heavy atom. The number of rotatable bonds is 40. The third-order valence-electron chi connectivity index (χ3n) is 8.53. The Morgan fingerprint density at radius 2 is 0.852 bits per heavy atom. The quantitative estimate of drug-likeness (QED) is 0.0267. The summed E-state index contributed by atoms with van der Waals surface area (Å²) in [6.07, 6.45) is 63.4. The first-order valence-electron chi connectivity index (χ1n) is 22.7. The van der Waals surface area contributed by atoms with Crippen LogP contribution in [0.1, 0.15) is 142 Å². The summed E-state index contributed by atoms with van der Waals surface area (Å²) in [5.41, 5.74) is 5.35. The van der Waals surface area contributed by atoms with Crippen LogP contribution in [0.4, 0.5) is 0 Å². The highest BCUT2D eigenvalue weighted by atomic mass is 31.2. The fourth-order valence-electron chi connectivity index (χ4n) is 5.25. The summed E-state index contributed by atoms with van der Waals surface area (Å²) in [4.78, 5) is 34.9. The summed E-state index contributed by atoms with van der Waals surface area (Å²) in [7, 11) is -4.41. The summed E-state index contributed by atoms with van der Waals surface area (Å²) in [6, 6.07) is 0. The monoisotopic (exact) mass is 866 g/mol. The average molecular weight is 866 g/mol. The Balaban J connectivity index is 4.32. The summed E-state index contributed by atoms with van der Waals surface area (Å²) in [5.74, 6) is -0.933. The number of esters is 2. The molecule has 0 aromatic rings. The second kappa shape index (κ2) is 45.7. The smallest absolute Gasteiger partial charge is 0.462 e. The Bertz CT molecular complexity index is 1450. The van der Waals surface area contributed by atoms with E-state index >= 15 is 0 Å². The molecule has 342 valence electrons. The first kappa shape index (κ1) is 57.1. The summed E-state index contributed by atoms with van der Waals surface area (Å²) in [6.45, 7) is 3.38. The molecule has 0 aliphatic rings. The molecule has 0 aromatic carbocycles. The van der Waals surface area contributed by atoms with Gasteiger partial charge >= 0.3 is 19.8 Å². The molecular formula is C51H80NO8P. The van der Waals surface area contributed by atoms with E-state index in [1.165, 1.54) is 0 Å². The van der Waals surface area contributed by atoms with Crippen LogP contribution in [-0.2, 0) is 32.7 Å². The minimum atomic E-state index is -4.41. The van der Waals surface area contributed by atoms with E-state index in [1.807, 2.05) is 0 Å². The maximum atomic E-state index is 12.6. The second-order valence-electron chi connectivity index (χ2n) is 14.1. The predicted molar refractivity (Wildman–Crippen MR) is 256 cm³/mol. The SMILES string of the molecule is CC/C=C\C/C=C\C/C=C\C/C=C\C/C=C\C/C=C\CCCCC(=O)OC(COC(=O)CCCCC/C=C\C/C=C\C/C=C\C/C=C\C/C=C\CC)COP(=O)(O)OCCN. The zero-order valence-corrected chi connectivity index (χ0v) is 38.5. The van der Waals surface area contributed by atoms with Crippen LogP contribution in [0.2, 0.25) is 0 Å². The van der Waals surface area contributed by atoms with Crippen molar-refractivity contribution < 1.29 is 37.6 Å². The Morgan fingerprint density at radius 1 is 0.492 bits per heavy atom. The number of phosphoric ester groups is 1. The number of allylic oxidation sites excluding steroid dienone is 22. The highest BCUT2D eigenvalue weighted by Crippen LogP contribution is 2.43. The van der Waals surface area contributed by atoms with Crippen molar-refractivity contribution in [3.05, 3.63) is 134 Å². The van der Waals surface area contributed by atoms with Gasteiger partial charge in [0.05, 0.1) is 13.2 Å². The molecule has 0 rings (SSSR count). The minimum absolute atomic E-state index is 0.0326. The van der Waals surface area contributed by atoms with Gasteiger partial charge < -0.3 is 20.1 Å². The van der Waals surface area contributed by atoms with Gasteiger partial charge in [-0.15, -0.1) is 0 Å². The van der Waals surface area contributed by atoms with Gasteiger partial charge in [0.25, 0.3) is 0 Å². The number of nitrogens with two attached hydrogens (primary N) is 1. The second-order valence-corrected chi connectivity index (χ2v) is 15.6. The highest BCUT2D eigenvalue weighted by Gasteiger charge is 2.25. The van der Waals surface area contributed by atoms with Gasteiger partial charge in [-0.3, -0.25) is 18.6 Å². The topological polar surface area (TPSA) is 134 Å². The first-order valence-corrected chi connectivity index (χ1v) is 24.2. The fourth-order valence-corrected chi connectivity index (χ4v) is 6.02. The average Bonchev–Trinajstić information content (AvgIpc) is 3.25. The molecule has 0 bridgehead atoms. The lowest BCUT2D eigenvalue weighted by atomic mass is 10.1. The molecule has 0 saturated heterocycles. The van der Waals surface area contributed by atoms with E-state index in [1.54, 1.807) is 0 Å². The number of carbonyl (C=O) groups excluding carboxylic acids is 2. The number of hydrogen-bond acceptors (Lipinski definition) is 8. The molecule has 2 unspecified atom stereocenters. The van der Waals surface area contributed by atoms with Crippen LogP contribution in [0.3, 0.4) is 0 Å². The Hall–Kier alpha value is -3.85. The molecule has 0 saturated carbocycles. The molecule has 0 fully saturated rings. The number of ether oxygens (including phenoxy) is 2. The molecule has 0 aliphatic heterocycles. The summed E-state index contributed by atoms with van der Waals surface area (Å²) >= 11 is 0. The molecule has 0 radical (unpaired) electrons. The van der Waals surface area contributed by atoms with Crippen molar-refractivity contribution in [1.29, 1.82) is 0 Å². The molecular weight excluding hydrogens is 786 g/mol.